The van der Waals surface area contributed by atoms with Crippen molar-refractivity contribution < 1.29 is 4.74 Å². The lowest BCUT2D eigenvalue weighted by Crippen LogP contribution is -2.18. The van der Waals surface area contributed by atoms with E-state index in [1.807, 2.05) is 18.2 Å². The predicted molar refractivity (Wildman–Crippen MR) is 86.8 cm³/mol. The summed E-state index contributed by atoms with van der Waals surface area (Å²) in [5.74, 6) is 1.95. The number of benzene rings is 2. The molecule has 0 aromatic heterocycles. The number of hydrogen-bond donors (Lipinski definition) is 0. The molecule has 104 valence electrons. The van der Waals surface area contributed by atoms with E-state index < -0.39 is 0 Å². The Morgan fingerprint density at radius 3 is 2.65 bits per heavy atom. The zero-order valence-electron chi connectivity index (χ0n) is 11.1. The number of halogens is 2. The van der Waals surface area contributed by atoms with Crippen molar-refractivity contribution in [2.24, 2.45) is 0 Å². The van der Waals surface area contributed by atoms with E-state index in [4.69, 9.17) is 16.3 Å². The monoisotopic (exact) mass is 350 g/mol. The van der Waals surface area contributed by atoms with Crippen molar-refractivity contribution >= 4 is 27.5 Å². The Hall–Kier alpha value is -0.990. The van der Waals surface area contributed by atoms with Gasteiger partial charge in [-0.25, -0.2) is 0 Å². The number of hydrogen-bond acceptors (Lipinski definition) is 1. The fraction of sp³-hybridized carbons (Fsp3) is 0.294. The summed E-state index contributed by atoms with van der Waals surface area (Å²) in [6.45, 7) is 0. The van der Waals surface area contributed by atoms with Gasteiger partial charge in [0.15, 0.2) is 0 Å². The highest BCUT2D eigenvalue weighted by molar-refractivity contribution is 9.10. The SMILES string of the molecule is ClCC(CC1Cc2ccccc2O1)c1ccccc1Br. The number of fused-ring (bicyclic) bond motifs is 1. The van der Waals surface area contributed by atoms with Crippen LogP contribution in [0, 0.1) is 0 Å². The van der Waals surface area contributed by atoms with E-state index >= 15 is 0 Å². The summed E-state index contributed by atoms with van der Waals surface area (Å²) in [7, 11) is 0. The van der Waals surface area contributed by atoms with Crippen molar-refractivity contribution in [1.29, 1.82) is 0 Å². The third-order valence-corrected chi connectivity index (χ3v) is 4.89. The molecule has 1 aliphatic heterocycles. The molecule has 0 saturated heterocycles. The van der Waals surface area contributed by atoms with Gasteiger partial charge in [-0.3, -0.25) is 0 Å². The first-order valence-corrected chi connectivity index (χ1v) is 8.15. The molecule has 3 rings (SSSR count). The number of alkyl halides is 1. The molecule has 2 aromatic carbocycles. The Labute approximate surface area is 133 Å². The second-order valence-electron chi connectivity index (χ2n) is 5.16. The van der Waals surface area contributed by atoms with Crippen LogP contribution in [0.5, 0.6) is 5.75 Å². The molecule has 20 heavy (non-hydrogen) atoms. The summed E-state index contributed by atoms with van der Waals surface area (Å²) in [6.07, 6.45) is 2.15. The second kappa shape index (κ2) is 6.19. The fourth-order valence-corrected chi connectivity index (χ4v) is 3.68. The quantitative estimate of drug-likeness (QED) is 0.691. The maximum absolute atomic E-state index is 6.19. The maximum Gasteiger partial charge on any atom is 0.123 e. The summed E-state index contributed by atoms with van der Waals surface area (Å²) in [5, 5.41) is 0. The molecule has 1 heterocycles. The van der Waals surface area contributed by atoms with Crippen molar-refractivity contribution in [3.05, 3.63) is 64.1 Å². The molecular weight excluding hydrogens is 336 g/mol. The molecule has 0 aliphatic carbocycles. The maximum atomic E-state index is 6.19. The third kappa shape index (κ3) is 2.87. The minimum atomic E-state index is 0.225. The topological polar surface area (TPSA) is 9.23 Å². The summed E-state index contributed by atoms with van der Waals surface area (Å²) in [5.41, 5.74) is 2.57. The molecule has 2 unspecified atom stereocenters. The van der Waals surface area contributed by atoms with Gasteiger partial charge in [0.1, 0.15) is 11.9 Å². The molecule has 0 bridgehead atoms. The highest BCUT2D eigenvalue weighted by atomic mass is 79.9. The minimum Gasteiger partial charge on any atom is -0.490 e. The molecular formula is C17H16BrClO. The molecule has 0 radical (unpaired) electrons. The smallest absolute Gasteiger partial charge is 0.123 e. The van der Waals surface area contributed by atoms with Crippen molar-refractivity contribution in [1.82, 2.24) is 0 Å². The summed E-state index contributed by atoms with van der Waals surface area (Å²) >= 11 is 9.80. The van der Waals surface area contributed by atoms with Gasteiger partial charge in [0.25, 0.3) is 0 Å². The molecule has 1 aliphatic rings. The van der Waals surface area contributed by atoms with Gasteiger partial charge in [-0.05, 0) is 29.7 Å². The fourth-order valence-electron chi connectivity index (χ4n) is 2.78. The van der Waals surface area contributed by atoms with Gasteiger partial charge in [-0.15, -0.1) is 11.6 Å². The Bertz CT molecular complexity index is 574. The lowest BCUT2D eigenvalue weighted by atomic mass is 9.93. The van der Waals surface area contributed by atoms with Crippen molar-refractivity contribution in [3.63, 3.8) is 0 Å². The van der Waals surface area contributed by atoms with E-state index in [1.165, 1.54) is 11.1 Å². The summed E-state index contributed by atoms with van der Waals surface area (Å²) in [4.78, 5) is 0. The zero-order valence-corrected chi connectivity index (χ0v) is 13.4. The molecule has 1 nitrogen and oxygen atoms in total. The molecule has 0 spiro atoms. The first kappa shape index (κ1) is 14.0. The molecule has 0 saturated carbocycles. The highest BCUT2D eigenvalue weighted by Gasteiger charge is 2.26. The van der Waals surface area contributed by atoms with E-state index in [0.717, 1.165) is 23.1 Å². The van der Waals surface area contributed by atoms with E-state index in [1.54, 1.807) is 0 Å². The van der Waals surface area contributed by atoms with E-state index in [9.17, 15) is 0 Å². The van der Waals surface area contributed by atoms with Crippen molar-refractivity contribution in [2.75, 3.05) is 5.88 Å². The first-order valence-electron chi connectivity index (χ1n) is 6.83. The third-order valence-electron chi connectivity index (χ3n) is 3.79. The van der Waals surface area contributed by atoms with Crippen molar-refractivity contribution in [3.8, 4) is 5.75 Å². The lowest BCUT2D eigenvalue weighted by Gasteiger charge is -2.20. The second-order valence-corrected chi connectivity index (χ2v) is 6.32. The van der Waals surface area contributed by atoms with Crippen LogP contribution in [-0.2, 0) is 6.42 Å². The largest absolute Gasteiger partial charge is 0.490 e. The Balaban J connectivity index is 1.73. The average Bonchev–Trinajstić information content (AvgIpc) is 2.88. The van der Waals surface area contributed by atoms with E-state index in [0.29, 0.717) is 11.8 Å². The zero-order chi connectivity index (χ0) is 13.9. The Kier molecular flexibility index (Phi) is 4.32. The van der Waals surface area contributed by atoms with Crippen LogP contribution in [0.4, 0.5) is 0 Å². The van der Waals surface area contributed by atoms with Gasteiger partial charge in [0.05, 0.1) is 0 Å². The number of rotatable bonds is 4. The highest BCUT2D eigenvalue weighted by Crippen LogP contribution is 2.35. The molecule has 2 aromatic rings. The molecule has 2 atom stereocenters. The summed E-state index contributed by atoms with van der Waals surface area (Å²) < 4.78 is 7.15. The van der Waals surface area contributed by atoms with Gasteiger partial charge in [0.2, 0.25) is 0 Å². The van der Waals surface area contributed by atoms with Crippen LogP contribution in [0.15, 0.2) is 53.0 Å². The predicted octanol–water partition coefficient (Wildman–Crippen LogP) is 5.17. The van der Waals surface area contributed by atoms with Gasteiger partial charge >= 0.3 is 0 Å². The van der Waals surface area contributed by atoms with E-state index in [-0.39, 0.29) is 6.10 Å². The minimum absolute atomic E-state index is 0.225. The normalized spacial score (nSPS) is 18.4. The van der Waals surface area contributed by atoms with Crippen LogP contribution in [0.3, 0.4) is 0 Å². The number of ether oxygens (including phenoxy) is 1. The molecule has 0 N–H and O–H groups in total. The first-order chi connectivity index (χ1) is 9.78. The van der Waals surface area contributed by atoms with Crippen LogP contribution in [0.1, 0.15) is 23.5 Å². The van der Waals surface area contributed by atoms with Gasteiger partial charge in [-0.1, -0.05) is 52.3 Å². The summed E-state index contributed by atoms with van der Waals surface area (Å²) in [6, 6.07) is 16.6. The van der Waals surface area contributed by atoms with Crippen LogP contribution in [0.25, 0.3) is 0 Å². The van der Waals surface area contributed by atoms with Gasteiger partial charge in [0, 0.05) is 22.7 Å². The van der Waals surface area contributed by atoms with Crippen molar-refractivity contribution in [2.45, 2.75) is 24.9 Å². The average molecular weight is 352 g/mol. The Morgan fingerprint density at radius 2 is 1.90 bits per heavy atom. The van der Waals surface area contributed by atoms with Crippen LogP contribution in [-0.4, -0.2) is 12.0 Å². The Morgan fingerprint density at radius 1 is 1.15 bits per heavy atom. The van der Waals surface area contributed by atoms with Crippen LogP contribution < -0.4 is 4.74 Å². The number of para-hydroxylation sites is 1. The van der Waals surface area contributed by atoms with Gasteiger partial charge in [-0.2, -0.15) is 0 Å². The molecule has 0 fully saturated rings. The molecule has 0 amide bonds. The van der Waals surface area contributed by atoms with E-state index in [2.05, 4.69) is 46.3 Å². The standard InChI is InChI=1S/C17H16BrClO/c18-16-7-3-2-6-15(16)13(11-19)10-14-9-12-5-1-4-8-17(12)20-14/h1-8,13-14H,9-11H2. The molecule has 3 heteroatoms. The van der Waals surface area contributed by atoms with Crippen LogP contribution in [0.2, 0.25) is 0 Å². The van der Waals surface area contributed by atoms with Crippen LogP contribution >= 0.6 is 27.5 Å². The lowest BCUT2D eigenvalue weighted by molar-refractivity contribution is 0.212. The van der Waals surface area contributed by atoms with Gasteiger partial charge < -0.3 is 4.74 Å².